The van der Waals surface area contributed by atoms with Crippen LogP contribution in [-0.4, -0.2) is 61.7 Å². The minimum atomic E-state index is -4.22. The largest absolute Gasteiger partial charge is 0.350 e. The third-order valence-corrected chi connectivity index (χ3v) is 7.03. The standard InChI is InChI=1S/C25H35FN4O4S/c1-7-21(24(32)27-25(2,3)4)29(17-19-13-9-8-10-14-19)23(31)18-30(35(33,34)28(5)6)22-16-12-11-15-20(22)26/h8-16,21H,7,17-18H2,1-6H3,(H,27,32)/t21-/m1/s1. The first-order valence-corrected chi connectivity index (χ1v) is 12.8. The summed E-state index contributed by atoms with van der Waals surface area (Å²) in [6, 6.07) is 13.6. The van der Waals surface area contributed by atoms with Gasteiger partial charge in [0.05, 0.1) is 5.69 Å². The van der Waals surface area contributed by atoms with Gasteiger partial charge in [0, 0.05) is 26.2 Å². The first-order chi connectivity index (χ1) is 16.3. The van der Waals surface area contributed by atoms with Crippen LogP contribution in [0.4, 0.5) is 10.1 Å². The molecule has 0 unspecified atom stereocenters. The van der Waals surface area contributed by atoms with Gasteiger partial charge < -0.3 is 10.2 Å². The monoisotopic (exact) mass is 506 g/mol. The van der Waals surface area contributed by atoms with E-state index in [1.165, 1.54) is 37.2 Å². The highest BCUT2D eigenvalue weighted by molar-refractivity contribution is 7.90. The number of amides is 2. The Kier molecular flexibility index (Phi) is 9.39. The van der Waals surface area contributed by atoms with Gasteiger partial charge in [-0.1, -0.05) is 49.4 Å². The zero-order valence-electron chi connectivity index (χ0n) is 21.2. The summed E-state index contributed by atoms with van der Waals surface area (Å²) in [6.07, 6.45) is 0.306. The molecule has 0 aliphatic heterocycles. The molecule has 0 saturated heterocycles. The fourth-order valence-electron chi connectivity index (χ4n) is 3.51. The maximum Gasteiger partial charge on any atom is 0.304 e. The fourth-order valence-corrected chi connectivity index (χ4v) is 4.57. The van der Waals surface area contributed by atoms with Crippen molar-refractivity contribution >= 4 is 27.7 Å². The van der Waals surface area contributed by atoms with Gasteiger partial charge in [0.15, 0.2) is 0 Å². The number of rotatable bonds is 10. The Morgan fingerprint density at radius 3 is 2.09 bits per heavy atom. The summed E-state index contributed by atoms with van der Waals surface area (Å²) >= 11 is 0. The number of carbonyl (C=O) groups is 2. The average Bonchev–Trinajstić information content (AvgIpc) is 2.77. The third kappa shape index (κ3) is 7.50. The van der Waals surface area contributed by atoms with E-state index in [4.69, 9.17) is 0 Å². The highest BCUT2D eigenvalue weighted by atomic mass is 32.2. The summed E-state index contributed by atoms with van der Waals surface area (Å²) < 4.78 is 42.5. The molecular formula is C25H35FN4O4S. The molecular weight excluding hydrogens is 471 g/mol. The number of hydrogen-bond donors (Lipinski definition) is 1. The Bertz CT molecular complexity index is 1120. The van der Waals surface area contributed by atoms with E-state index in [-0.39, 0.29) is 18.1 Å². The Labute approximate surface area is 207 Å². The summed E-state index contributed by atoms with van der Waals surface area (Å²) in [5.41, 5.74) is -0.00318. The van der Waals surface area contributed by atoms with Crippen LogP contribution in [0.3, 0.4) is 0 Å². The van der Waals surface area contributed by atoms with Crippen LogP contribution in [0, 0.1) is 5.82 Å². The predicted octanol–water partition coefficient (Wildman–Crippen LogP) is 3.16. The van der Waals surface area contributed by atoms with Crippen LogP contribution in [0.5, 0.6) is 0 Å². The van der Waals surface area contributed by atoms with Crippen molar-refractivity contribution in [1.82, 2.24) is 14.5 Å². The molecule has 1 N–H and O–H groups in total. The van der Waals surface area contributed by atoms with Gasteiger partial charge in [0.25, 0.3) is 0 Å². The molecule has 0 aliphatic rings. The highest BCUT2D eigenvalue weighted by Gasteiger charge is 2.35. The smallest absolute Gasteiger partial charge is 0.304 e. The number of para-hydroxylation sites is 1. The molecule has 2 aromatic carbocycles. The Morgan fingerprint density at radius 1 is 1.00 bits per heavy atom. The lowest BCUT2D eigenvalue weighted by molar-refractivity contribution is -0.141. The third-order valence-electron chi connectivity index (χ3n) is 5.22. The molecule has 0 aromatic heterocycles. The van der Waals surface area contributed by atoms with Gasteiger partial charge in [0.2, 0.25) is 11.8 Å². The molecule has 2 rings (SSSR count). The molecule has 10 heteroatoms. The van der Waals surface area contributed by atoms with Gasteiger partial charge in [-0.3, -0.25) is 9.59 Å². The Hall–Kier alpha value is -2.98. The summed E-state index contributed by atoms with van der Waals surface area (Å²) in [5.74, 6) is -1.76. The van der Waals surface area contributed by atoms with Crippen molar-refractivity contribution in [3.8, 4) is 0 Å². The van der Waals surface area contributed by atoms with E-state index in [1.54, 1.807) is 6.92 Å². The molecule has 2 aromatic rings. The van der Waals surface area contributed by atoms with Crippen molar-refractivity contribution in [3.63, 3.8) is 0 Å². The first kappa shape index (κ1) is 28.3. The summed E-state index contributed by atoms with van der Waals surface area (Å²) in [5, 5.41) is 2.90. The Morgan fingerprint density at radius 2 is 1.57 bits per heavy atom. The van der Waals surface area contributed by atoms with E-state index in [0.29, 0.717) is 6.42 Å². The molecule has 192 valence electrons. The number of benzene rings is 2. The molecule has 0 heterocycles. The van der Waals surface area contributed by atoms with E-state index in [9.17, 15) is 22.4 Å². The molecule has 0 fully saturated rings. The van der Waals surface area contributed by atoms with E-state index in [1.807, 2.05) is 51.1 Å². The summed E-state index contributed by atoms with van der Waals surface area (Å²) in [4.78, 5) is 28.2. The Balaban J connectivity index is 2.51. The number of halogens is 1. The highest BCUT2D eigenvalue weighted by Crippen LogP contribution is 2.24. The zero-order chi connectivity index (χ0) is 26.4. The fraction of sp³-hybridized carbons (Fsp3) is 0.440. The average molecular weight is 507 g/mol. The summed E-state index contributed by atoms with van der Waals surface area (Å²) in [7, 11) is -1.61. The lowest BCUT2D eigenvalue weighted by atomic mass is 10.1. The van der Waals surface area contributed by atoms with Crippen molar-refractivity contribution in [1.29, 1.82) is 0 Å². The van der Waals surface area contributed by atoms with E-state index < -0.39 is 40.1 Å². The molecule has 1 atom stereocenters. The molecule has 8 nitrogen and oxygen atoms in total. The molecule has 35 heavy (non-hydrogen) atoms. The van der Waals surface area contributed by atoms with Crippen LogP contribution >= 0.6 is 0 Å². The minimum Gasteiger partial charge on any atom is -0.350 e. The zero-order valence-corrected chi connectivity index (χ0v) is 22.0. The number of carbonyl (C=O) groups excluding carboxylic acids is 2. The van der Waals surface area contributed by atoms with Crippen LogP contribution in [0.25, 0.3) is 0 Å². The van der Waals surface area contributed by atoms with Gasteiger partial charge in [-0.25, -0.2) is 8.70 Å². The van der Waals surface area contributed by atoms with E-state index in [0.717, 1.165) is 20.2 Å². The number of hydrogen-bond acceptors (Lipinski definition) is 4. The SMILES string of the molecule is CC[C@H](C(=O)NC(C)(C)C)N(Cc1ccccc1)C(=O)CN(c1ccccc1F)S(=O)(=O)N(C)C. The van der Waals surface area contributed by atoms with Crippen molar-refractivity contribution < 1.29 is 22.4 Å². The van der Waals surface area contributed by atoms with Crippen molar-refractivity contribution in [2.45, 2.75) is 52.2 Å². The van der Waals surface area contributed by atoms with Gasteiger partial charge in [0.1, 0.15) is 18.4 Å². The van der Waals surface area contributed by atoms with Crippen LogP contribution in [0.2, 0.25) is 0 Å². The van der Waals surface area contributed by atoms with Crippen LogP contribution < -0.4 is 9.62 Å². The van der Waals surface area contributed by atoms with Crippen LogP contribution in [0.1, 0.15) is 39.7 Å². The lowest BCUT2D eigenvalue weighted by Crippen LogP contribution is -2.55. The quantitative estimate of drug-likeness (QED) is 0.536. The van der Waals surface area contributed by atoms with Crippen LogP contribution in [-0.2, 0) is 26.3 Å². The number of nitrogens with zero attached hydrogens (tertiary/aromatic N) is 3. The molecule has 0 aliphatic carbocycles. The van der Waals surface area contributed by atoms with Gasteiger partial charge >= 0.3 is 10.2 Å². The normalized spacial score (nSPS) is 12.8. The molecule has 0 bridgehead atoms. The second kappa shape index (κ2) is 11.6. The minimum absolute atomic E-state index is 0.0862. The van der Waals surface area contributed by atoms with Crippen molar-refractivity contribution in [2.75, 3.05) is 24.9 Å². The van der Waals surface area contributed by atoms with Gasteiger partial charge in [-0.2, -0.15) is 12.7 Å². The van der Waals surface area contributed by atoms with Gasteiger partial charge in [-0.15, -0.1) is 0 Å². The molecule has 0 radical (unpaired) electrons. The molecule has 0 spiro atoms. The van der Waals surface area contributed by atoms with Crippen molar-refractivity contribution in [2.24, 2.45) is 0 Å². The predicted molar refractivity (Wildman–Crippen MR) is 135 cm³/mol. The maximum absolute atomic E-state index is 14.7. The van der Waals surface area contributed by atoms with Crippen LogP contribution in [0.15, 0.2) is 54.6 Å². The van der Waals surface area contributed by atoms with Crippen molar-refractivity contribution in [3.05, 3.63) is 66.0 Å². The second-order valence-corrected chi connectivity index (χ2v) is 11.5. The van der Waals surface area contributed by atoms with E-state index >= 15 is 0 Å². The molecule has 2 amide bonds. The topological polar surface area (TPSA) is 90.0 Å². The number of nitrogens with one attached hydrogen (secondary N) is 1. The first-order valence-electron chi connectivity index (χ1n) is 11.4. The lowest BCUT2D eigenvalue weighted by Gasteiger charge is -2.35. The molecule has 0 saturated carbocycles. The van der Waals surface area contributed by atoms with E-state index in [2.05, 4.69) is 5.32 Å². The second-order valence-electron chi connectivity index (χ2n) is 9.42. The maximum atomic E-state index is 14.7. The summed E-state index contributed by atoms with van der Waals surface area (Å²) in [6.45, 7) is 6.71. The number of anilines is 1. The van der Waals surface area contributed by atoms with Gasteiger partial charge in [-0.05, 0) is 44.9 Å².